The van der Waals surface area contributed by atoms with Gasteiger partial charge in [-0.3, -0.25) is 4.90 Å². The molecular weight excluding hydrogens is 406 g/mol. The minimum absolute atomic E-state index is 0.532. The van der Waals surface area contributed by atoms with Gasteiger partial charge in [-0.1, -0.05) is 19.1 Å². The van der Waals surface area contributed by atoms with Gasteiger partial charge in [0, 0.05) is 38.8 Å². The van der Waals surface area contributed by atoms with Gasteiger partial charge in [-0.05, 0) is 31.9 Å². The number of nitrogens with one attached hydrogen (secondary N) is 2. The van der Waals surface area contributed by atoms with E-state index in [9.17, 15) is 0 Å². The molecule has 0 atom stereocenters. The van der Waals surface area contributed by atoms with Gasteiger partial charge in [0.2, 0.25) is 0 Å². The summed E-state index contributed by atoms with van der Waals surface area (Å²) in [6.45, 7) is 13.2. The Balaban J connectivity index is 1.65. The lowest BCUT2D eigenvalue weighted by Gasteiger charge is -2.26. The highest BCUT2D eigenvalue weighted by Gasteiger charge is 2.11. The first-order valence-electron chi connectivity index (χ1n) is 11.5. The summed E-state index contributed by atoms with van der Waals surface area (Å²) < 4.78 is 13.4. The van der Waals surface area contributed by atoms with Crippen LogP contribution in [0, 0.1) is 13.8 Å². The number of hydrogen-bond donors (Lipinski definition) is 2. The molecule has 1 aliphatic heterocycles. The van der Waals surface area contributed by atoms with E-state index in [0.29, 0.717) is 19.7 Å². The topological polar surface area (TPSA) is 88.8 Å². The minimum Gasteiger partial charge on any atom is -0.493 e. The van der Waals surface area contributed by atoms with E-state index in [2.05, 4.69) is 57.8 Å². The Morgan fingerprint density at radius 3 is 2.72 bits per heavy atom. The van der Waals surface area contributed by atoms with E-state index in [1.54, 1.807) is 0 Å². The van der Waals surface area contributed by atoms with Crippen LogP contribution in [0.4, 0.5) is 0 Å². The van der Waals surface area contributed by atoms with Crippen molar-refractivity contribution in [1.29, 1.82) is 0 Å². The fourth-order valence-corrected chi connectivity index (χ4v) is 3.40. The van der Waals surface area contributed by atoms with Crippen molar-refractivity contribution in [2.75, 3.05) is 46.0 Å². The van der Waals surface area contributed by atoms with Gasteiger partial charge in [-0.25, -0.2) is 4.99 Å². The van der Waals surface area contributed by atoms with E-state index < -0.39 is 0 Å². The summed E-state index contributed by atoms with van der Waals surface area (Å²) in [7, 11) is 1.97. The highest BCUT2D eigenvalue weighted by atomic mass is 16.5. The second kappa shape index (κ2) is 12.4. The van der Waals surface area contributed by atoms with E-state index in [1.807, 2.05) is 18.5 Å². The maximum atomic E-state index is 5.96. The Bertz CT molecular complexity index is 875. The molecule has 1 saturated heterocycles. The van der Waals surface area contributed by atoms with Gasteiger partial charge in [0.25, 0.3) is 0 Å². The maximum Gasteiger partial charge on any atom is 0.192 e. The molecule has 3 rings (SSSR count). The molecule has 0 bridgehead atoms. The molecule has 2 heterocycles. The molecule has 0 saturated carbocycles. The largest absolute Gasteiger partial charge is 0.493 e. The molecule has 9 heteroatoms. The lowest BCUT2D eigenvalue weighted by Crippen LogP contribution is -2.44. The standard InChI is InChI=1S/C23H37N7O2/c1-5-12-32-21-15-18(2)6-7-20(21)16-25-23(24-8-9-30-10-13-31-14-11-30)26-17-22-28-27-19(3)29(22)4/h6-7,15H,5,8-14,16-17H2,1-4H3,(H2,24,25,26). The van der Waals surface area contributed by atoms with Crippen LogP contribution in [-0.4, -0.2) is 71.6 Å². The van der Waals surface area contributed by atoms with Crippen LogP contribution in [0.15, 0.2) is 23.2 Å². The quantitative estimate of drug-likeness (QED) is 0.427. The van der Waals surface area contributed by atoms with Crippen molar-refractivity contribution in [2.45, 2.75) is 40.3 Å². The summed E-state index contributed by atoms with van der Waals surface area (Å²) >= 11 is 0. The van der Waals surface area contributed by atoms with Gasteiger partial charge >= 0.3 is 0 Å². The summed E-state index contributed by atoms with van der Waals surface area (Å²) in [6.07, 6.45) is 0.976. The average molecular weight is 444 g/mol. The van der Waals surface area contributed by atoms with E-state index in [1.165, 1.54) is 5.56 Å². The van der Waals surface area contributed by atoms with E-state index >= 15 is 0 Å². The number of morpholine rings is 1. The predicted octanol–water partition coefficient (Wildman–Crippen LogP) is 1.79. The third kappa shape index (κ3) is 7.20. The first-order chi connectivity index (χ1) is 15.6. The van der Waals surface area contributed by atoms with Crippen molar-refractivity contribution in [1.82, 2.24) is 30.3 Å². The third-order valence-electron chi connectivity index (χ3n) is 5.51. The Morgan fingerprint density at radius 2 is 2.00 bits per heavy atom. The maximum absolute atomic E-state index is 5.96. The number of hydrogen-bond acceptors (Lipinski definition) is 6. The van der Waals surface area contributed by atoms with Crippen molar-refractivity contribution in [3.8, 4) is 5.75 Å². The second-order valence-electron chi connectivity index (χ2n) is 8.08. The van der Waals surface area contributed by atoms with Crippen LogP contribution >= 0.6 is 0 Å². The molecule has 1 fully saturated rings. The molecule has 1 aromatic carbocycles. The van der Waals surface area contributed by atoms with Gasteiger partial charge in [-0.2, -0.15) is 0 Å². The fraction of sp³-hybridized carbons (Fsp3) is 0.609. The van der Waals surface area contributed by atoms with Gasteiger partial charge < -0.3 is 24.7 Å². The molecule has 0 unspecified atom stereocenters. The molecule has 1 aromatic heterocycles. The van der Waals surface area contributed by atoms with Crippen LogP contribution in [0.25, 0.3) is 0 Å². The highest BCUT2D eigenvalue weighted by Crippen LogP contribution is 2.21. The van der Waals surface area contributed by atoms with Gasteiger partial charge in [0.15, 0.2) is 11.8 Å². The number of benzene rings is 1. The van der Waals surface area contributed by atoms with E-state index in [4.69, 9.17) is 14.5 Å². The van der Waals surface area contributed by atoms with Crippen LogP contribution in [0.2, 0.25) is 0 Å². The van der Waals surface area contributed by atoms with Crippen LogP contribution in [0.1, 0.15) is 36.1 Å². The summed E-state index contributed by atoms with van der Waals surface area (Å²) in [6, 6.07) is 6.29. The molecule has 32 heavy (non-hydrogen) atoms. The number of aliphatic imine (C=N–C) groups is 1. The molecule has 176 valence electrons. The zero-order chi connectivity index (χ0) is 22.8. The lowest BCUT2D eigenvalue weighted by atomic mass is 10.1. The number of guanidine groups is 1. The van der Waals surface area contributed by atoms with Crippen molar-refractivity contribution in [3.63, 3.8) is 0 Å². The zero-order valence-electron chi connectivity index (χ0n) is 19.9. The van der Waals surface area contributed by atoms with Crippen molar-refractivity contribution in [3.05, 3.63) is 41.0 Å². The summed E-state index contributed by atoms with van der Waals surface area (Å²) in [5, 5.41) is 15.2. The molecule has 0 radical (unpaired) electrons. The van der Waals surface area contributed by atoms with Crippen LogP contribution < -0.4 is 15.4 Å². The van der Waals surface area contributed by atoms with Crippen LogP contribution in [0.5, 0.6) is 5.75 Å². The monoisotopic (exact) mass is 443 g/mol. The van der Waals surface area contributed by atoms with Gasteiger partial charge in [0.1, 0.15) is 11.6 Å². The molecule has 1 aliphatic rings. The smallest absolute Gasteiger partial charge is 0.192 e. The fourth-order valence-electron chi connectivity index (χ4n) is 3.40. The molecule has 2 aromatic rings. The van der Waals surface area contributed by atoms with E-state index in [-0.39, 0.29) is 0 Å². The van der Waals surface area contributed by atoms with Crippen LogP contribution in [0.3, 0.4) is 0 Å². The second-order valence-corrected chi connectivity index (χ2v) is 8.08. The van der Waals surface area contributed by atoms with Crippen molar-refractivity contribution in [2.24, 2.45) is 12.0 Å². The SMILES string of the molecule is CCCOc1cc(C)ccc1CN=C(NCCN1CCOCC1)NCc1nnc(C)n1C. The van der Waals surface area contributed by atoms with Crippen molar-refractivity contribution < 1.29 is 9.47 Å². The summed E-state index contributed by atoms with van der Waals surface area (Å²) in [5.74, 6) is 3.42. The van der Waals surface area contributed by atoms with E-state index in [0.717, 1.165) is 74.7 Å². The highest BCUT2D eigenvalue weighted by molar-refractivity contribution is 5.79. The Labute approximate surface area is 191 Å². The normalized spacial score (nSPS) is 15.1. The Kier molecular flexibility index (Phi) is 9.30. The number of nitrogens with zero attached hydrogens (tertiary/aromatic N) is 5. The first-order valence-corrected chi connectivity index (χ1v) is 11.5. The molecule has 9 nitrogen and oxygen atoms in total. The minimum atomic E-state index is 0.532. The molecular formula is C23H37N7O2. The molecule has 2 N–H and O–H groups in total. The predicted molar refractivity (Wildman–Crippen MR) is 126 cm³/mol. The number of rotatable bonds is 10. The Hall–Kier alpha value is -2.65. The third-order valence-corrected chi connectivity index (χ3v) is 5.51. The first kappa shape index (κ1) is 24.0. The molecule has 0 aliphatic carbocycles. The van der Waals surface area contributed by atoms with Crippen LogP contribution in [-0.2, 0) is 24.9 Å². The van der Waals surface area contributed by atoms with Gasteiger partial charge in [-0.15, -0.1) is 10.2 Å². The van der Waals surface area contributed by atoms with Crippen molar-refractivity contribution >= 4 is 5.96 Å². The molecule has 0 spiro atoms. The Morgan fingerprint density at radius 1 is 1.19 bits per heavy atom. The zero-order valence-corrected chi connectivity index (χ0v) is 19.9. The number of aromatic nitrogens is 3. The lowest BCUT2D eigenvalue weighted by molar-refractivity contribution is 0.0389. The summed E-state index contributed by atoms with van der Waals surface area (Å²) in [5.41, 5.74) is 2.26. The number of aryl methyl sites for hydroxylation is 2. The number of ether oxygens (including phenoxy) is 2. The molecule has 0 amide bonds. The summed E-state index contributed by atoms with van der Waals surface area (Å²) in [4.78, 5) is 7.24. The van der Waals surface area contributed by atoms with Gasteiger partial charge in [0.05, 0.1) is 32.9 Å². The average Bonchev–Trinajstić information content (AvgIpc) is 3.12.